The van der Waals surface area contributed by atoms with Crippen molar-refractivity contribution in [1.29, 1.82) is 0 Å². The summed E-state index contributed by atoms with van der Waals surface area (Å²) in [6.07, 6.45) is -0.224. The van der Waals surface area contributed by atoms with Crippen molar-refractivity contribution in [1.82, 2.24) is 4.90 Å². The lowest BCUT2D eigenvalue weighted by molar-refractivity contribution is -0.162. The zero-order valence-corrected chi connectivity index (χ0v) is 10.2. The monoisotopic (exact) mass is 231 g/mol. The van der Waals surface area contributed by atoms with Gasteiger partial charge in [0, 0.05) is 13.1 Å². The van der Waals surface area contributed by atoms with E-state index in [-0.39, 0.29) is 30.8 Å². The Balaban J connectivity index is 2.50. The van der Waals surface area contributed by atoms with Gasteiger partial charge in [-0.25, -0.2) is 0 Å². The van der Waals surface area contributed by atoms with Crippen molar-refractivity contribution in [3.05, 3.63) is 0 Å². The Morgan fingerprint density at radius 2 is 2.31 bits per heavy atom. The summed E-state index contributed by atoms with van der Waals surface area (Å²) >= 11 is 0. The van der Waals surface area contributed by atoms with Crippen LogP contribution in [0.3, 0.4) is 0 Å². The number of hydrogen-bond donors (Lipinski definition) is 1. The van der Waals surface area contributed by atoms with E-state index in [9.17, 15) is 4.79 Å². The lowest BCUT2D eigenvalue weighted by atomic mass is 10.1. The average molecular weight is 231 g/mol. The van der Waals surface area contributed by atoms with Crippen LogP contribution in [-0.4, -0.2) is 60.5 Å². The Hall–Kier alpha value is -0.650. The molecule has 0 bridgehead atoms. The van der Waals surface area contributed by atoms with E-state index in [0.29, 0.717) is 19.7 Å². The summed E-state index contributed by atoms with van der Waals surface area (Å²) in [6, 6.07) is 0. The van der Waals surface area contributed by atoms with Crippen LogP contribution in [0.4, 0.5) is 0 Å². The molecule has 1 aliphatic heterocycles. The van der Waals surface area contributed by atoms with Gasteiger partial charge >= 0.3 is 5.97 Å². The number of aliphatic hydroxyl groups is 1. The van der Waals surface area contributed by atoms with E-state index in [4.69, 9.17) is 14.6 Å². The first-order chi connectivity index (χ1) is 7.46. The smallest absolute Gasteiger partial charge is 0.320 e. The first-order valence-electron chi connectivity index (χ1n) is 5.63. The van der Waals surface area contributed by atoms with E-state index in [0.717, 1.165) is 0 Å². The van der Waals surface area contributed by atoms with Gasteiger partial charge in [0.15, 0.2) is 0 Å². The molecule has 1 heterocycles. The van der Waals surface area contributed by atoms with Crippen molar-refractivity contribution in [3.8, 4) is 0 Å². The van der Waals surface area contributed by atoms with E-state index >= 15 is 0 Å². The van der Waals surface area contributed by atoms with Gasteiger partial charge < -0.3 is 14.6 Å². The summed E-state index contributed by atoms with van der Waals surface area (Å²) in [6.45, 7) is 7.56. The molecule has 1 atom stereocenters. The van der Waals surface area contributed by atoms with E-state index in [1.165, 1.54) is 0 Å². The fourth-order valence-electron chi connectivity index (χ4n) is 2.02. The maximum absolute atomic E-state index is 11.4. The fraction of sp³-hybridized carbons (Fsp3) is 0.909. The summed E-state index contributed by atoms with van der Waals surface area (Å²) in [5.74, 6) is -0.225. The highest BCUT2D eigenvalue weighted by atomic mass is 16.5. The molecule has 16 heavy (non-hydrogen) atoms. The maximum Gasteiger partial charge on any atom is 0.320 e. The molecule has 0 aromatic rings. The van der Waals surface area contributed by atoms with Crippen LogP contribution < -0.4 is 0 Å². The molecule has 1 unspecified atom stereocenters. The first kappa shape index (κ1) is 13.4. The minimum atomic E-state index is -0.335. The number of morpholine rings is 1. The highest BCUT2D eigenvalue weighted by molar-refractivity contribution is 5.71. The Morgan fingerprint density at radius 1 is 1.62 bits per heavy atom. The number of ether oxygens (including phenoxy) is 2. The number of carbonyl (C=O) groups is 1. The Bertz CT molecular complexity index is 242. The molecule has 0 radical (unpaired) electrons. The highest BCUT2D eigenvalue weighted by Crippen LogP contribution is 2.20. The van der Waals surface area contributed by atoms with E-state index in [1.54, 1.807) is 6.92 Å². The molecule has 0 aromatic carbocycles. The minimum absolute atomic E-state index is 0.0250. The molecule has 0 spiro atoms. The lowest BCUT2D eigenvalue weighted by Gasteiger charge is -2.41. The van der Waals surface area contributed by atoms with Crippen molar-refractivity contribution in [2.24, 2.45) is 0 Å². The Labute approximate surface area is 96.3 Å². The zero-order chi connectivity index (χ0) is 12.2. The summed E-state index contributed by atoms with van der Waals surface area (Å²) in [7, 11) is 0. The van der Waals surface area contributed by atoms with Crippen LogP contribution in [0.2, 0.25) is 0 Å². The topological polar surface area (TPSA) is 59.0 Å². The van der Waals surface area contributed by atoms with Gasteiger partial charge in [0.1, 0.15) is 0 Å². The van der Waals surface area contributed by atoms with Crippen molar-refractivity contribution in [3.63, 3.8) is 0 Å². The molecule has 1 saturated heterocycles. The first-order valence-corrected chi connectivity index (χ1v) is 5.63. The predicted octanol–water partition coefficient (Wildman–Crippen LogP) is 0.0212. The van der Waals surface area contributed by atoms with Gasteiger partial charge in [0.25, 0.3) is 0 Å². The number of carbonyl (C=O) groups excluding carboxylic acids is 1. The molecule has 1 rings (SSSR count). The van der Waals surface area contributed by atoms with Gasteiger partial charge in [-0.3, -0.25) is 9.69 Å². The molecular weight excluding hydrogens is 210 g/mol. The van der Waals surface area contributed by atoms with Crippen LogP contribution in [-0.2, 0) is 14.3 Å². The van der Waals surface area contributed by atoms with Crippen LogP contribution in [0.5, 0.6) is 0 Å². The third-order valence-electron chi connectivity index (χ3n) is 2.41. The van der Waals surface area contributed by atoms with E-state index < -0.39 is 0 Å². The van der Waals surface area contributed by atoms with Gasteiger partial charge in [-0.2, -0.15) is 0 Å². The standard InChI is InChI=1S/C11H21NO4/c1-4-15-10(14)6-12-5-9(7-13)16-11(2,3)8-12/h9,13H,4-8H2,1-3H3. The van der Waals surface area contributed by atoms with Crippen LogP contribution in [0.25, 0.3) is 0 Å². The average Bonchev–Trinajstić information content (AvgIpc) is 2.15. The number of hydrogen-bond acceptors (Lipinski definition) is 5. The van der Waals surface area contributed by atoms with Crippen molar-refractivity contribution in [2.45, 2.75) is 32.5 Å². The second-order valence-electron chi connectivity index (χ2n) is 4.66. The van der Waals surface area contributed by atoms with Crippen molar-refractivity contribution in [2.75, 3.05) is 32.8 Å². The van der Waals surface area contributed by atoms with Crippen LogP contribution in [0.1, 0.15) is 20.8 Å². The van der Waals surface area contributed by atoms with Crippen molar-refractivity contribution < 1.29 is 19.4 Å². The van der Waals surface area contributed by atoms with Gasteiger partial charge in [0.05, 0.1) is 31.5 Å². The second-order valence-corrected chi connectivity index (χ2v) is 4.66. The molecule has 94 valence electrons. The van der Waals surface area contributed by atoms with Gasteiger partial charge in [-0.05, 0) is 20.8 Å². The number of rotatable bonds is 4. The third kappa shape index (κ3) is 4.08. The Kier molecular flexibility index (Phi) is 4.70. The Morgan fingerprint density at radius 3 is 2.88 bits per heavy atom. The summed E-state index contributed by atoms with van der Waals surface area (Å²) in [5, 5.41) is 9.11. The summed E-state index contributed by atoms with van der Waals surface area (Å²) in [4.78, 5) is 13.3. The summed E-state index contributed by atoms with van der Waals surface area (Å²) in [5.41, 5.74) is -0.335. The molecule has 1 aliphatic rings. The lowest BCUT2D eigenvalue weighted by Crippen LogP contribution is -2.55. The molecule has 0 saturated carbocycles. The summed E-state index contributed by atoms with van der Waals surface area (Å²) < 4.78 is 10.5. The largest absolute Gasteiger partial charge is 0.465 e. The molecule has 5 nitrogen and oxygen atoms in total. The molecule has 0 aliphatic carbocycles. The molecule has 1 fully saturated rings. The maximum atomic E-state index is 11.4. The van der Waals surface area contributed by atoms with Crippen LogP contribution in [0.15, 0.2) is 0 Å². The molecule has 0 aromatic heterocycles. The van der Waals surface area contributed by atoms with Gasteiger partial charge in [0.2, 0.25) is 0 Å². The normalized spacial score (nSPS) is 25.4. The van der Waals surface area contributed by atoms with Gasteiger partial charge in [-0.15, -0.1) is 0 Å². The molecular formula is C11H21NO4. The number of nitrogens with zero attached hydrogens (tertiary/aromatic N) is 1. The zero-order valence-electron chi connectivity index (χ0n) is 10.2. The second kappa shape index (κ2) is 5.61. The minimum Gasteiger partial charge on any atom is -0.465 e. The molecule has 5 heteroatoms. The SMILES string of the molecule is CCOC(=O)CN1CC(CO)OC(C)(C)C1. The highest BCUT2D eigenvalue weighted by Gasteiger charge is 2.33. The van der Waals surface area contributed by atoms with Crippen molar-refractivity contribution >= 4 is 5.97 Å². The third-order valence-corrected chi connectivity index (χ3v) is 2.41. The number of esters is 1. The quantitative estimate of drug-likeness (QED) is 0.691. The van der Waals surface area contributed by atoms with Gasteiger partial charge in [-0.1, -0.05) is 0 Å². The van der Waals surface area contributed by atoms with E-state index in [2.05, 4.69) is 0 Å². The van der Waals surface area contributed by atoms with Crippen LogP contribution >= 0.6 is 0 Å². The molecule has 1 N–H and O–H groups in total. The van der Waals surface area contributed by atoms with E-state index in [1.807, 2.05) is 18.7 Å². The molecule has 0 amide bonds. The van der Waals surface area contributed by atoms with Crippen LogP contribution in [0, 0.1) is 0 Å². The number of aliphatic hydroxyl groups excluding tert-OH is 1. The fourth-order valence-corrected chi connectivity index (χ4v) is 2.02. The predicted molar refractivity (Wildman–Crippen MR) is 59.1 cm³/mol.